The fraction of sp³-hybridized carbons (Fsp3) is 0.407. The van der Waals surface area contributed by atoms with Crippen LogP contribution in [0.4, 0.5) is 0 Å². The quantitative estimate of drug-likeness (QED) is 0.183. The van der Waals surface area contributed by atoms with E-state index in [1.54, 1.807) is 23.8 Å². The molecular weight excluding hydrogens is 476 g/mol. The van der Waals surface area contributed by atoms with Crippen molar-refractivity contribution in [3.05, 3.63) is 62.9 Å². The molecule has 2 aromatic heterocycles. The Kier molecular flexibility index (Phi) is 6.02. The third-order valence-electron chi connectivity index (χ3n) is 7.50. The second kappa shape index (κ2) is 9.37. The first-order valence-corrected chi connectivity index (χ1v) is 12.6. The second-order valence-electron chi connectivity index (χ2n) is 9.49. The van der Waals surface area contributed by atoms with Crippen LogP contribution in [0.3, 0.4) is 0 Å². The number of rotatable bonds is 6. The predicted octanol–water partition coefficient (Wildman–Crippen LogP) is 1.76. The largest absolute Gasteiger partial charge is 0.458 e. The Balaban J connectivity index is 1.38. The van der Waals surface area contributed by atoms with Gasteiger partial charge in [-0.05, 0) is 18.6 Å². The highest BCUT2D eigenvalue weighted by Gasteiger charge is 2.45. The summed E-state index contributed by atoms with van der Waals surface area (Å²) in [6, 6.07) is 9.43. The van der Waals surface area contributed by atoms with Gasteiger partial charge in [0.1, 0.15) is 13.2 Å². The molecule has 0 spiro atoms. The summed E-state index contributed by atoms with van der Waals surface area (Å²) in [5.74, 6) is -0.737. The zero-order chi connectivity index (χ0) is 25.6. The second-order valence-corrected chi connectivity index (χ2v) is 9.49. The highest BCUT2D eigenvalue weighted by Crippen LogP contribution is 2.39. The Morgan fingerprint density at radius 1 is 1.22 bits per heavy atom. The van der Waals surface area contributed by atoms with Gasteiger partial charge in [0, 0.05) is 41.7 Å². The number of fused-ring (bicyclic) bond motifs is 5. The van der Waals surface area contributed by atoms with Crippen molar-refractivity contribution >= 4 is 23.1 Å². The zero-order valence-electron chi connectivity index (χ0n) is 20.6. The molecule has 3 aromatic rings. The van der Waals surface area contributed by atoms with Crippen LogP contribution in [-0.4, -0.2) is 71.2 Å². The molecule has 10 nitrogen and oxygen atoms in total. The zero-order valence-corrected chi connectivity index (χ0v) is 20.6. The third kappa shape index (κ3) is 3.92. The third-order valence-corrected chi connectivity index (χ3v) is 7.50. The molecule has 1 atom stereocenters. The first-order valence-electron chi connectivity index (χ1n) is 12.6. The molecule has 0 aliphatic carbocycles. The van der Waals surface area contributed by atoms with Gasteiger partial charge in [0.2, 0.25) is 0 Å². The number of aliphatic hydroxyl groups is 1. The Labute approximate surface area is 213 Å². The van der Waals surface area contributed by atoms with E-state index < -0.39 is 11.6 Å². The standard InChI is InChI=1S/C27H28N4O6/c1-2-27(34)21-13-23-24-19(15-31(23)25(32)20(21)16-36-26(27)33)18(17-5-3-4-6-22(17)29-24)14-28-37-12-9-30-7-10-35-11-8-30/h3-6,13-14,34H,2,7-12,15-16H2,1H3/t27-/m0/s1. The smallest absolute Gasteiger partial charge is 0.343 e. The van der Waals surface area contributed by atoms with Gasteiger partial charge in [-0.1, -0.05) is 30.3 Å². The van der Waals surface area contributed by atoms with Crippen LogP contribution < -0.4 is 5.56 Å². The van der Waals surface area contributed by atoms with E-state index in [4.69, 9.17) is 19.3 Å². The van der Waals surface area contributed by atoms with Gasteiger partial charge in [-0.2, -0.15) is 0 Å². The van der Waals surface area contributed by atoms with E-state index in [0.717, 1.165) is 54.9 Å². The van der Waals surface area contributed by atoms with E-state index in [-0.39, 0.29) is 18.6 Å². The molecule has 0 radical (unpaired) electrons. The van der Waals surface area contributed by atoms with Gasteiger partial charge in [0.15, 0.2) is 5.60 Å². The van der Waals surface area contributed by atoms with Crippen molar-refractivity contribution in [1.29, 1.82) is 0 Å². The van der Waals surface area contributed by atoms with Crippen LogP contribution in [0.5, 0.6) is 0 Å². The van der Waals surface area contributed by atoms with Crippen LogP contribution in [0.2, 0.25) is 0 Å². The van der Waals surface area contributed by atoms with Gasteiger partial charge >= 0.3 is 5.97 Å². The SMILES string of the molecule is CC[C@@]1(O)C(=O)OCc2c1cc1n(c2=O)Cc2c-1nc1ccccc1c2C=NOCCN1CCOCC1. The minimum absolute atomic E-state index is 0.0967. The molecule has 1 N–H and O–H groups in total. The lowest BCUT2D eigenvalue weighted by Gasteiger charge is -2.31. The number of oxime groups is 1. The summed E-state index contributed by atoms with van der Waals surface area (Å²) >= 11 is 0. The van der Waals surface area contributed by atoms with Crippen LogP contribution in [0.25, 0.3) is 22.3 Å². The topological polar surface area (TPSA) is 115 Å². The summed E-state index contributed by atoms with van der Waals surface area (Å²) in [6.45, 7) is 6.28. The molecule has 0 unspecified atom stereocenters. The van der Waals surface area contributed by atoms with Gasteiger partial charge in [0.05, 0.1) is 48.4 Å². The Bertz CT molecular complexity index is 1480. The number of cyclic esters (lactones) is 1. The summed E-state index contributed by atoms with van der Waals surface area (Å²) in [4.78, 5) is 38.7. The number of para-hydroxylation sites is 1. The molecule has 0 bridgehead atoms. The van der Waals surface area contributed by atoms with Crippen LogP contribution in [0, 0.1) is 0 Å². The van der Waals surface area contributed by atoms with Crippen molar-refractivity contribution in [2.45, 2.75) is 32.1 Å². The Morgan fingerprint density at radius 3 is 2.84 bits per heavy atom. The van der Waals surface area contributed by atoms with Crippen molar-refractivity contribution in [3.8, 4) is 11.4 Å². The summed E-state index contributed by atoms with van der Waals surface area (Å²) < 4.78 is 12.2. The van der Waals surface area contributed by atoms with Crippen molar-refractivity contribution < 1.29 is 24.2 Å². The van der Waals surface area contributed by atoms with E-state index in [1.807, 2.05) is 24.3 Å². The molecule has 0 saturated carbocycles. The Hall–Kier alpha value is -3.60. The highest BCUT2D eigenvalue weighted by atomic mass is 16.6. The number of pyridine rings is 2. The fourth-order valence-electron chi connectivity index (χ4n) is 5.34. The molecule has 3 aliphatic heterocycles. The number of esters is 1. The van der Waals surface area contributed by atoms with Crippen LogP contribution in [-0.2, 0) is 37.9 Å². The molecule has 192 valence electrons. The van der Waals surface area contributed by atoms with Gasteiger partial charge < -0.3 is 24.0 Å². The molecule has 1 fully saturated rings. The summed E-state index contributed by atoms with van der Waals surface area (Å²) in [5.41, 5.74) is 2.05. The average Bonchev–Trinajstić information content (AvgIpc) is 3.29. The lowest BCUT2D eigenvalue weighted by atomic mass is 9.86. The van der Waals surface area contributed by atoms with Crippen molar-refractivity contribution in [3.63, 3.8) is 0 Å². The van der Waals surface area contributed by atoms with Crippen molar-refractivity contribution in [2.75, 3.05) is 39.5 Å². The van der Waals surface area contributed by atoms with Gasteiger partial charge in [-0.3, -0.25) is 9.69 Å². The maximum absolute atomic E-state index is 13.5. The minimum Gasteiger partial charge on any atom is -0.458 e. The number of carbonyl (C=O) groups is 1. The average molecular weight is 505 g/mol. The molecule has 6 rings (SSSR count). The first-order chi connectivity index (χ1) is 18.0. The van der Waals surface area contributed by atoms with E-state index in [1.165, 1.54) is 0 Å². The summed E-state index contributed by atoms with van der Waals surface area (Å²) in [7, 11) is 0. The number of benzene rings is 1. The van der Waals surface area contributed by atoms with Crippen molar-refractivity contribution in [2.24, 2.45) is 5.16 Å². The summed E-state index contributed by atoms with van der Waals surface area (Å²) in [5, 5.41) is 16.3. The van der Waals surface area contributed by atoms with Crippen LogP contribution >= 0.6 is 0 Å². The number of ether oxygens (including phenoxy) is 2. The molecular formula is C27H28N4O6. The number of aromatic nitrogens is 2. The minimum atomic E-state index is -1.86. The number of hydrogen-bond acceptors (Lipinski definition) is 9. The molecule has 37 heavy (non-hydrogen) atoms. The fourth-order valence-corrected chi connectivity index (χ4v) is 5.34. The van der Waals surface area contributed by atoms with E-state index in [0.29, 0.717) is 35.7 Å². The van der Waals surface area contributed by atoms with Gasteiger partial charge in [0.25, 0.3) is 5.56 Å². The van der Waals surface area contributed by atoms with Gasteiger partial charge in [-0.25, -0.2) is 9.78 Å². The molecule has 1 aromatic carbocycles. The highest BCUT2D eigenvalue weighted by molar-refractivity contribution is 6.02. The number of hydrogen-bond donors (Lipinski definition) is 1. The molecule has 1 saturated heterocycles. The van der Waals surface area contributed by atoms with Crippen LogP contribution in [0.15, 0.2) is 40.3 Å². The molecule has 10 heteroatoms. The van der Waals surface area contributed by atoms with Gasteiger partial charge in [-0.15, -0.1) is 0 Å². The lowest BCUT2D eigenvalue weighted by molar-refractivity contribution is -0.172. The number of carbonyl (C=O) groups excluding carboxylic acids is 1. The van der Waals surface area contributed by atoms with E-state index in [2.05, 4.69) is 10.1 Å². The molecule has 5 heterocycles. The van der Waals surface area contributed by atoms with Crippen molar-refractivity contribution in [1.82, 2.24) is 14.5 Å². The number of nitrogens with zero attached hydrogens (tertiary/aromatic N) is 4. The van der Waals surface area contributed by atoms with E-state index in [9.17, 15) is 14.7 Å². The Morgan fingerprint density at radius 2 is 2.03 bits per heavy atom. The maximum atomic E-state index is 13.5. The normalized spacial score (nSPS) is 21.1. The molecule has 3 aliphatic rings. The monoisotopic (exact) mass is 504 g/mol. The maximum Gasteiger partial charge on any atom is 0.343 e. The molecule has 0 amide bonds. The van der Waals surface area contributed by atoms with Crippen LogP contribution in [0.1, 0.15) is 35.6 Å². The lowest BCUT2D eigenvalue weighted by Crippen LogP contribution is -2.44. The summed E-state index contributed by atoms with van der Waals surface area (Å²) in [6.07, 6.45) is 1.79. The first kappa shape index (κ1) is 23.8. The van der Waals surface area contributed by atoms with E-state index >= 15 is 0 Å². The predicted molar refractivity (Wildman–Crippen MR) is 135 cm³/mol. The number of morpholine rings is 1.